The molecule has 0 spiro atoms. The lowest BCUT2D eigenvalue weighted by Crippen LogP contribution is -2.08. The Kier molecular flexibility index (Phi) is 8.48. The van der Waals surface area contributed by atoms with Crippen LogP contribution in [0.25, 0.3) is 11.5 Å². The zero-order chi connectivity index (χ0) is 25.2. The summed E-state index contributed by atoms with van der Waals surface area (Å²) in [4.78, 5) is 21.8. The number of carbonyl (C=O) groups is 1. The van der Waals surface area contributed by atoms with Gasteiger partial charge < -0.3 is 18.7 Å². The van der Waals surface area contributed by atoms with E-state index < -0.39 is 0 Å². The molecule has 0 bridgehead atoms. The summed E-state index contributed by atoms with van der Waals surface area (Å²) in [5.74, 6) is 1.70. The molecule has 0 aliphatic heterocycles. The molecule has 3 aromatic carbocycles. The summed E-state index contributed by atoms with van der Waals surface area (Å²) in [7, 11) is 1.37. The van der Waals surface area contributed by atoms with Gasteiger partial charge in [-0.3, -0.25) is 4.79 Å². The van der Waals surface area contributed by atoms with Crippen LogP contribution < -0.4 is 4.74 Å². The largest absolute Gasteiger partial charge is 0.487 e. The van der Waals surface area contributed by atoms with Crippen LogP contribution in [0.2, 0.25) is 0 Å². The van der Waals surface area contributed by atoms with Gasteiger partial charge in [0.1, 0.15) is 30.4 Å². The van der Waals surface area contributed by atoms with E-state index in [9.17, 15) is 4.79 Å². The molecule has 7 nitrogen and oxygen atoms in total. The standard InChI is InChI=1S/C29H28N2O5/c1-21-27(30-29(36-21)24-13-7-4-8-14-24)20-34-25-15-9-10-22(18-25)19-35-31-26(16-17-28(32)33-2)23-11-5-3-6-12-23/h3-15,18H,16-17,19-20H2,1-2H3. The molecule has 0 aliphatic rings. The minimum Gasteiger partial charge on any atom is -0.487 e. The lowest BCUT2D eigenvalue weighted by atomic mass is 10.1. The fraction of sp³-hybridized carbons (Fsp3) is 0.207. The monoisotopic (exact) mass is 484 g/mol. The lowest BCUT2D eigenvalue weighted by molar-refractivity contribution is -0.140. The molecular formula is C29H28N2O5. The highest BCUT2D eigenvalue weighted by atomic mass is 16.6. The van der Waals surface area contributed by atoms with Crippen molar-refractivity contribution in [2.45, 2.75) is 33.0 Å². The van der Waals surface area contributed by atoms with Crippen molar-refractivity contribution in [1.29, 1.82) is 0 Å². The maximum absolute atomic E-state index is 11.6. The Hall–Kier alpha value is -4.39. The van der Waals surface area contributed by atoms with E-state index in [1.807, 2.05) is 91.9 Å². The van der Waals surface area contributed by atoms with Gasteiger partial charge >= 0.3 is 5.97 Å². The fourth-order valence-corrected chi connectivity index (χ4v) is 3.52. The first-order valence-corrected chi connectivity index (χ1v) is 11.7. The average molecular weight is 485 g/mol. The molecule has 1 aromatic heterocycles. The number of esters is 1. The van der Waals surface area contributed by atoms with Gasteiger partial charge in [0.25, 0.3) is 0 Å². The summed E-state index contributed by atoms with van der Waals surface area (Å²) in [6, 6.07) is 27.0. The number of aromatic nitrogens is 1. The van der Waals surface area contributed by atoms with Crippen LogP contribution >= 0.6 is 0 Å². The first kappa shape index (κ1) is 24.7. The highest BCUT2D eigenvalue weighted by Gasteiger charge is 2.12. The maximum atomic E-state index is 11.6. The Bertz CT molecular complexity index is 1300. The van der Waals surface area contributed by atoms with Crippen LogP contribution in [-0.4, -0.2) is 23.8 Å². The van der Waals surface area contributed by atoms with E-state index in [1.165, 1.54) is 7.11 Å². The van der Waals surface area contributed by atoms with E-state index in [0.717, 1.165) is 28.1 Å². The molecular weight excluding hydrogens is 456 g/mol. The van der Waals surface area contributed by atoms with Crippen LogP contribution in [0.5, 0.6) is 5.75 Å². The van der Waals surface area contributed by atoms with Crippen molar-refractivity contribution < 1.29 is 23.5 Å². The topological polar surface area (TPSA) is 83.2 Å². The molecule has 1 heterocycles. The average Bonchev–Trinajstić information content (AvgIpc) is 3.30. The molecule has 0 radical (unpaired) electrons. The first-order chi connectivity index (χ1) is 17.6. The quantitative estimate of drug-likeness (QED) is 0.145. The van der Waals surface area contributed by atoms with Crippen LogP contribution in [0.3, 0.4) is 0 Å². The molecule has 184 valence electrons. The van der Waals surface area contributed by atoms with E-state index in [0.29, 0.717) is 23.8 Å². The number of rotatable bonds is 11. The molecule has 0 saturated carbocycles. The smallest absolute Gasteiger partial charge is 0.305 e. The maximum Gasteiger partial charge on any atom is 0.305 e. The molecule has 0 aliphatic carbocycles. The third-order valence-corrected chi connectivity index (χ3v) is 5.49. The zero-order valence-electron chi connectivity index (χ0n) is 20.3. The molecule has 7 heteroatoms. The Morgan fingerprint density at radius 2 is 1.67 bits per heavy atom. The van der Waals surface area contributed by atoms with Crippen molar-refractivity contribution in [3.8, 4) is 17.2 Å². The molecule has 0 saturated heterocycles. The summed E-state index contributed by atoms with van der Waals surface area (Å²) in [6.07, 6.45) is 0.645. The van der Waals surface area contributed by atoms with Crippen LogP contribution in [0.1, 0.15) is 35.4 Å². The van der Waals surface area contributed by atoms with Crippen LogP contribution in [0, 0.1) is 6.92 Å². The summed E-state index contributed by atoms with van der Waals surface area (Å²) in [5, 5.41) is 4.31. The predicted octanol–water partition coefficient (Wildman–Crippen LogP) is 6.10. The number of hydrogen-bond acceptors (Lipinski definition) is 7. The van der Waals surface area contributed by atoms with Gasteiger partial charge in [-0.05, 0) is 42.3 Å². The molecule has 36 heavy (non-hydrogen) atoms. The number of ether oxygens (including phenoxy) is 2. The van der Waals surface area contributed by atoms with Crippen molar-refractivity contribution in [2.75, 3.05) is 7.11 Å². The number of hydrogen-bond donors (Lipinski definition) is 0. The number of benzene rings is 3. The highest BCUT2D eigenvalue weighted by Crippen LogP contribution is 2.23. The van der Waals surface area contributed by atoms with Crippen molar-refractivity contribution >= 4 is 11.7 Å². The minimum atomic E-state index is -0.290. The van der Waals surface area contributed by atoms with E-state index in [4.69, 9.17) is 18.7 Å². The number of oxime groups is 1. The van der Waals surface area contributed by atoms with E-state index in [-0.39, 0.29) is 25.6 Å². The van der Waals surface area contributed by atoms with E-state index >= 15 is 0 Å². The second kappa shape index (κ2) is 12.4. The van der Waals surface area contributed by atoms with Gasteiger partial charge in [-0.1, -0.05) is 65.8 Å². The van der Waals surface area contributed by atoms with Crippen molar-refractivity contribution in [2.24, 2.45) is 5.16 Å². The van der Waals surface area contributed by atoms with E-state index in [1.54, 1.807) is 0 Å². The normalized spacial score (nSPS) is 11.2. The highest BCUT2D eigenvalue weighted by molar-refractivity contribution is 6.01. The Morgan fingerprint density at radius 3 is 2.42 bits per heavy atom. The third-order valence-electron chi connectivity index (χ3n) is 5.49. The molecule has 4 aromatic rings. The minimum absolute atomic E-state index is 0.227. The van der Waals surface area contributed by atoms with Gasteiger partial charge in [0.05, 0.1) is 19.2 Å². The van der Waals surface area contributed by atoms with Crippen molar-refractivity contribution in [3.05, 3.63) is 108 Å². The second-order valence-electron chi connectivity index (χ2n) is 8.08. The molecule has 0 atom stereocenters. The van der Waals surface area contributed by atoms with Crippen LogP contribution in [0.15, 0.2) is 94.5 Å². The lowest BCUT2D eigenvalue weighted by Gasteiger charge is -2.09. The Balaban J connectivity index is 1.37. The van der Waals surface area contributed by atoms with Gasteiger partial charge in [-0.2, -0.15) is 0 Å². The van der Waals surface area contributed by atoms with Crippen molar-refractivity contribution in [1.82, 2.24) is 4.98 Å². The van der Waals surface area contributed by atoms with Gasteiger partial charge in [-0.25, -0.2) is 4.98 Å². The number of nitrogens with zero attached hydrogens (tertiary/aromatic N) is 2. The molecule has 0 amide bonds. The number of aryl methyl sites for hydroxylation is 1. The molecule has 0 N–H and O–H groups in total. The summed E-state index contributed by atoms with van der Waals surface area (Å²) >= 11 is 0. The molecule has 0 fully saturated rings. The van der Waals surface area contributed by atoms with Gasteiger partial charge in [0.2, 0.25) is 5.89 Å². The van der Waals surface area contributed by atoms with Gasteiger partial charge in [0.15, 0.2) is 0 Å². The third kappa shape index (κ3) is 6.82. The SMILES string of the molecule is COC(=O)CCC(=NOCc1cccc(OCc2nc(-c3ccccc3)oc2C)c1)c1ccccc1. The number of carbonyl (C=O) groups excluding carboxylic acids is 1. The summed E-state index contributed by atoms with van der Waals surface area (Å²) in [6.45, 7) is 2.42. The molecule has 0 unspecified atom stereocenters. The van der Waals surface area contributed by atoms with Crippen LogP contribution in [-0.2, 0) is 27.6 Å². The van der Waals surface area contributed by atoms with Crippen LogP contribution in [0.4, 0.5) is 0 Å². The van der Waals surface area contributed by atoms with Gasteiger partial charge in [0, 0.05) is 12.0 Å². The Labute approximate surface area is 210 Å². The predicted molar refractivity (Wildman–Crippen MR) is 136 cm³/mol. The molecule has 4 rings (SSSR count). The Morgan fingerprint density at radius 1 is 0.917 bits per heavy atom. The fourth-order valence-electron chi connectivity index (χ4n) is 3.52. The second-order valence-corrected chi connectivity index (χ2v) is 8.08. The van der Waals surface area contributed by atoms with Crippen molar-refractivity contribution in [3.63, 3.8) is 0 Å². The van der Waals surface area contributed by atoms with E-state index in [2.05, 4.69) is 10.1 Å². The zero-order valence-corrected chi connectivity index (χ0v) is 20.3. The van der Waals surface area contributed by atoms with Gasteiger partial charge in [-0.15, -0.1) is 0 Å². The summed E-state index contributed by atoms with van der Waals surface area (Å²) < 4.78 is 16.5. The summed E-state index contributed by atoms with van der Waals surface area (Å²) in [5.41, 5.74) is 4.16. The number of methoxy groups -OCH3 is 1. The first-order valence-electron chi connectivity index (χ1n) is 11.7. The number of oxazole rings is 1.